The molecule has 2 unspecified atom stereocenters. The minimum atomic E-state index is -0.970. The van der Waals surface area contributed by atoms with Crippen LogP contribution in [0.2, 0.25) is 0 Å². The highest BCUT2D eigenvalue weighted by molar-refractivity contribution is 5.78. The molecule has 2 N–H and O–H groups in total. The number of carbonyl (C=O) groups excluding carboxylic acids is 1. The van der Waals surface area contributed by atoms with Gasteiger partial charge in [0.05, 0.1) is 18.9 Å². The third-order valence-electron chi connectivity index (χ3n) is 2.93. The Bertz CT molecular complexity index is 311. The smallest absolute Gasteiger partial charge is 0.307 e. The molecule has 0 radical (unpaired) electrons. The van der Waals surface area contributed by atoms with E-state index in [9.17, 15) is 9.59 Å². The van der Waals surface area contributed by atoms with E-state index in [1.165, 1.54) is 0 Å². The van der Waals surface area contributed by atoms with Gasteiger partial charge in [-0.25, -0.2) is 0 Å². The SMILES string of the molecule is CC/C=C/CCCCC(CC(=O)OC(C)CO)C(=O)O. The number of aliphatic carboxylic acids is 1. The number of carboxylic acid groups (broad SMARTS) is 1. The van der Waals surface area contributed by atoms with Crippen LogP contribution in [0.25, 0.3) is 0 Å². The van der Waals surface area contributed by atoms with Crippen LogP contribution in [0.1, 0.15) is 52.4 Å². The van der Waals surface area contributed by atoms with Gasteiger partial charge in [0.15, 0.2) is 0 Å². The summed E-state index contributed by atoms with van der Waals surface area (Å²) in [7, 11) is 0. The van der Waals surface area contributed by atoms with E-state index in [0.717, 1.165) is 25.7 Å². The summed E-state index contributed by atoms with van der Waals surface area (Å²) in [6, 6.07) is 0. The molecule has 0 aromatic heterocycles. The molecule has 0 saturated heterocycles. The lowest BCUT2D eigenvalue weighted by Crippen LogP contribution is -2.23. The van der Waals surface area contributed by atoms with Gasteiger partial charge in [-0.3, -0.25) is 9.59 Å². The maximum Gasteiger partial charge on any atom is 0.307 e. The van der Waals surface area contributed by atoms with Crippen LogP contribution in [0.3, 0.4) is 0 Å². The Morgan fingerprint density at radius 2 is 1.95 bits per heavy atom. The van der Waals surface area contributed by atoms with Crippen LogP contribution < -0.4 is 0 Å². The average Bonchev–Trinajstić information content (AvgIpc) is 2.40. The zero-order valence-electron chi connectivity index (χ0n) is 12.4. The van der Waals surface area contributed by atoms with Crippen LogP contribution in [0.15, 0.2) is 12.2 Å². The number of rotatable bonds is 11. The van der Waals surface area contributed by atoms with Gasteiger partial charge in [0, 0.05) is 0 Å². The van der Waals surface area contributed by atoms with Gasteiger partial charge < -0.3 is 14.9 Å². The molecule has 0 amide bonds. The molecule has 0 aliphatic rings. The monoisotopic (exact) mass is 286 g/mol. The fourth-order valence-corrected chi connectivity index (χ4v) is 1.76. The van der Waals surface area contributed by atoms with Gasteiger partial charge in [0.25, 0.3) is 0 Å². The van der Waals surface area contributed by atoms with E-state index < -0.39 is 24.0 Å². The molecule has 0 saturated carbocycles. The number of carboxylic acids is 1. The molecule has 0 heterocycles. The van der Waals surface area contributed by atoms with Gasteiger partial charge in [-0.1, -0.05) is 25.5 Å². The minimum Gasteiger partial charge on any atom is -0.481 e. The fourth-order valence-electron chi connectivity index (χ4n) is 1.76. The highest BCUT2D eigenvalue weighted by Gasteiger charge is 2.22. The summed E-state index contributed by atoms with van der Waals surface area (Å²) in [4.78, 5) is 22.6. The van der Waals surface area contributed by atoms with E-state index in [1.807, 2.05) is 0 Å². The first-order chi connectivity index (χ1) is 9.51. The Labute approximate surface area is 120 Å². The molecule has 0 rings (SSSR count). The first-order valence-corrected chi connectivity index (χ1v) is 7.19. The van der Waals surface area contributed by atoms with E-state index >= 15 is 0 Å². The number of carbonyl (C=O) groups is 2. The number of hydrogen-bond acceptors (Lipinski definition) is 4. The van der Waals surface area contributed by atoms with Crippen molar-refractivity contribution in [3.63, 3.8) is 0 Å². The van der Waals surface area contributed by atoms with Crippen molar-refractivity contribution < 1.29 is 24.5 Å². The van der Waals surface area contributed by atoms with Gasteiger partial charge in [-0.15, -0.1) is 0 Å². The number of aliphatic hydroxyl groups is 1. The molecule has 5 nitrogen and oxygen atoms in total. The second kappa shape index (κ2) is 11.5. The lowest BCUT2D eigenvalue weighted by atomic mass is 9.98. The van der Waals surface area contributed by atoms with Gasteiger partial charge in [0.2, 0.25) is 0 Å². The Balaban J connectivity index is 4.01. The molecule has 0 aromatic rings. The molecule has 5 heteroatoms. The summed E-state index contributed by atoms with van der Waals surface area (Å²) in [6.45, 7) is 3.37. The predicted molar refractivity (Wildman–Crippen MR) is 76.3 cm³/mol. The molecular weight excluding hydrogens is 260 g/mol. The highest BCUT2D eigenvalue weighted by atomic mass is 16.5. The lowest BCUT2D eigenvalue weighted by molar-refractivity contribution is -0.156. The van der Waals surface area contributed by atoms with Crippen molar-refractivity contribution in [2.45, 2.75) is 58.5 Å². The Morgan fingerprint density at radius 3 is 2.50 bits per heavy atom. The fraction of sp³-hybridized carbons (Fsp3) is 0.733. The van der Waals surface area contributed by atoms with Gasteiger partial charge >= 0.3 is 11.9 Å². The minimum absolute atomic E-state index is 0.134. The number of unbranched alkanes of at least 4 members (excludes halogenated alkanes) is 2. The van der Waals surface area contributed by atoms with Crippen molar-refractivity contribution in [3.8, 4) is 0 Å². The highest BCUT2D eigenvalue weighted by Crippen LogP contribution is 2.16. The van der Waals surface area contributed by atoms with Gasteiger partial charge in [-0.2, -0.15) is 0 Å². The zero-order valence-corrected chi connectivity index (χ0v) is 12.4. The molecule has 116 valence electrons. The van der Waals surface area contributed by atoms with E-state index in [-0.39, 0.29) is 13.0 Å². The Kier molecular flexibility index (Phi) is 10.7. The summed E-state index contributed by atoms with van der Waals surface area (Å²) in [5.74, 6) is -2.24. The van der Waals surface area contributed by atoms with Crippen molar-refractivity contribution in [3.05, 3.63) is 12.2 Å². The Hall–Kier alpha value is -1.36. The first-order valence-electron chi connectivity index (χ1n) is 7.19. The van der Waals surface area contributed by atoms with E-state index in [2.05, 4.69) is 19.1 Å². The number of allylic oxidation sites excluding steroid dienone is 2. The summed E-state index contributed by atoms with van der Waals surface area (Å²) in [5.41, 5.74) is 0. The maximum absolute atomic E-state index is 11.5. The molecule has 0 spiro atoms. The second-order valence-corrected chi connectivity index (χ2v) is 4.89. The van der Waals surface area contributed by atoms with E-state index in [0.29, 0.717) is 6.42 Å². The number of hydrogen-bond donors (Lipinski definition) is 2. The van der Waals surface area contributed by atoms with Crippen LogP contribution in [0.4, 0.5) is 0 Å². The third-order valence-corrected chi connectivity index (χ3v) is 2.93. The van der Waals surface area contributed by atoms with E-state index in [1.54, 1.807) is 6.92 Å². The van der Waals surface area contributed by atoms with Crippen molar-refractivity contribution in [1.29, 1.82) is 0 Å². The molecule has 2 atom stereocenters. The van der Waals surface area contributed by atoms with Crippen LogP contribution in [0.5, 0.6) is 0 Å². The predicted octanol–water partition coefficient (Wildman–Crippen LogP) is 2.53. The lowest BCUT2D eigenvalue weighted by Gasteiger charge is -2.14. The average molecular weight is 286 g/mol. The summed E-state index contributed by atoms with van der Waals surface area (Å²) >= 11 is 0. The van der Waals surface area contributed by atoms with Crippen LogP contribution in [-0.4, -0.2) is 34.9 Å². The van der Waals surface area contributed by atoms with Gasteiger partial charge in [0.1, 0.15) is 6.10 Å². The number of esters is 1. The summed E-state index contributed by atoms with van der Waals surface area (Å²) in [6.07, 6.45) is 7.56. The van der Waals surface area contributed by atoms with E-state index in [4.69, 9.17) is 14.9 Å². The molecule has 0 aliphatic heterocycles. The zero-order chi connectivity index (χ0) is 15.4. The molecule has 0 aromatic carbocycles. The Morgan fingerprint density at radius 1 is 1.25 bits per heavy atom. The molecule has 0 aliphatic carbocycles. The topological polar surface area (TPSA) is 83.8 Å². The number of ether oxygens (including phenoxy) is 1. The van der Waals surface area contributed by atoms with Gasteiger partial charge in [-0.05, 0) is 32.6 Å². The van der Waals surface area contributed by atoms with Crippen LogP contribution in [0, 0.1) is 5.92 Å². The largest absolute Gasteiger partial charge is 0.481 e. The van der Waals surface area contributed by atoms with Crippen LogP contribution >= 0.6 is 0 Å². The summed E-state index contributed by atoms with van der Waals surface area (Å²) in [5, 5.41) is 17.9. The third kappa shape index (κ3) is 9.55. The summed E-state index contributed by atoms with van der Waals surface area (Å²) < 4.78 is 4.88. The standard InChI is InChI=1S/C15H26O5/c1-3-4-5-6-7-8-9-13(15(18)19)10-14(17)20-12(2)11-16/h4-5,12-13,16H,3,6-11H2,1-2H3,(H,18,19)/b5-4+. The maximum atomic E-state index is 11.5. The molecule has 0 bridgehead atoms. The van der Waals surface area contributed by atoms with Crippen molar-refractivity contribution in [2.75, 3.05) is 6.61 Å². The van der Waals surface area contributed by atoms with Crippen molar-refractivity contribution in [1.82, 2.24) is 0 Å². The second-order valence-electron chi connectivity index (χ2n) is 4.89. The van der Waals surface area contributed by atoms with Crippen molar-refractivity contribution in [2.24, 2.45) is 5.92 Å². The van der Waals surface area contributed by atoms with Crippen LogP contribution in [-0.2, 0) is 14.3 Å². The molecule has 0 fully saturated rings. The van der Waals surface area contributed by atoms with Crippen molar-refractivity contribution >= 4 is 11.9 Å². The number of aliphatic hydroxyl groups excluding tert-OH is 1. The first kappa shape index (κ1) is 18.6. The molecular formula is C15H26O5. The molecule has 20 heavy (non-hydrogen) atoms. The normalized spacial score (nSPS) is 14.2. The quantitative estimate of drug-likeness (QED) is 0.346.